The highest BCUT2D eigenvalue weighted by Gasteiger charge is 2.10. The van der Waals surface area contributed by atoms with Gasteiger partial charge in [-0.05, 0) is 66.1 Å². The minimum absolute atomic E-state index is 0.232. The zero-order valence-corrected chi connectivity index (χ0v) is 16.1. The number of benzene rings is 2. The van der Waals surface area contributed by atoms with Gasteiger partial charge >= 0.3 is 0 Å². The van der Waals surface area contributed by atoms with Gasteiger partial charge in [-0.3, -0.25) is 10.1 Å². The molecule has 2 aromatic heterocycles. The third-order valence-corrected chi connectivity index (χ3v) is 5.02. The normalized spacial score (nSPS) is 10.7. The van der Waals surface area contributed by atoms with Gasteiger partial charge in [0.15, 0.2) is 10.7 Å². The number of thiophene rings is 1. The Morgan fingerprint density at radius 3 is 2.70 bits per heavy atom. The van der Waals surface area contributed by atoms with Crippen LogP contribution in [0.15, 0.2) is 64.4 Å². The highest BCUT2D eigenvalue weighted by Crippen LogP contribution is 2.27. The zero-order valence-electron chi connectivity index (χ0n) is 13.7. The molecule has 4 rings (SSSR count). The van der Waals surface area contributed by atoms with Gasteiger partial charge in [-0.15, -0.1) is 11.3 Å². The van der Waals surface area contributed by atoms with Crippen LogP contribution in [0.3, 0.4) is 0 Å². The van der Waals surface area contributed by atoms with Crippen LogP contribution in [0.1, 0.15) is 9.67 Å². The summed E-state index contributed by atoms with van der Waals surface area (Å²) in [6, 6.07) is 16.3. The number of carbonyl (C=O) groups excluding carboxylic acids is 1. The Kier molecular flexibility index (Phi) is 4.89. The minimum Gasteiger partial charge on any atom is -0.436 e. The van der Waals surface area contributed by atoms with Crippen LogP contribution in [0.25, 0.3) is 22.6 Å². The van der Waals surface area contributed by atoms with E-state index in [0.717, 1.165) is 11.3 Å². The van der Waals surface area contributed by atoms with E-state index < -0.39 is 0 Å². The SMILES string of the molecule is O=C(NC(=S)Nc1ccc(-c2nc3cc(Cl)ccc3o2)cc1)c1cccs1. The first kappa shape index (κ1) is 17.7. The fourth-order valence-electron chi connectivity index (χ4n) is 2.46. The molecule has 0 aliphatic carbocycles. The first-order chi connectivity index (χ1) is 13.1. The smallest absolute Gasteiger partial charge is 0.267 e. The summed E-state index contributed by atoms with van der Waals surface area (Å²) in [5, 5.41) is 8.31. The van der Waals surface area contributed by atoms with Crippen molar-refractivity contribution in [2.45, 2.75) is 0 Å². The number of hydrogen-bond donors (Lipinski definition) is 2. The first-order valence-electron chi connectivity index (χ1n) is 7.91. The fourth-order valence-corrected chi connectivity index (χ4v) is 3.45. The number of aromatic nitrogens is 1. The molecule has 0 aliphatic heterocycles. The molecule has 2 N–H and O–H groups in total. The molecule has 0 saturated carbocycles. The fraction of sp³-hybridized carbons (Fsp3) is 0. The van der Waals surface area contributed by atoms with Crippen LogP contribution in [-0.4, -0.2) is 16.0 Å². The van der Waals surface area contributed by atoms with Crippen molar-refractivity contribution >= 4 is 63.0 Å². The molecule has 5 nitrogen and oxygen atoms in total. The summed E-state index contributed by atoms with van der Waals surface area (Å²) in [4.78, 5) is 17.0. The van der Waals surface area contributed by atoms with Gasteiger partial charge in [-0.1, -0.05) is 17.7 Å². The average Bonchev–Trinajstić information content (AvgIpc) is 3.31. The van der Waals surface area contributed by atoms with Crippen LogP contribution < -0.4 is 10.6 Å². The van der Waals surface area contributed by atoms with Crippen molar-refractivity contribution in [2.75, 3.05) is 5.32 Å². The second-order valence-corrected chi connectivity index (χ2v) is 7.39. The number of fused-ring (bicyclic) bond motifs is 1. The van der Waals surface area contributed by atoms with Crippen LogP contribution in [0.2, 0.25) is 5.02 Å². The van der Waals surface area contributed by atoms with Gasteiger partial charge in [0, 0.05) is 16.3 Å². The molecule has 4 aromatic rings. The molecule has 2 aromatic carbocycles. The van der Waals surface area contributed by atoms with Crippen LogP contribution in [0.5, 0.6) is 0 Å². The maximum atomic E-state index is 12.0. The summed E-state index contributed by atoms with van der Waals surface area (Å²) in [5.74, 6) is 0.275. The summed E-state index contributed by atoms with van der Waals surface area (Å²) in [5.41, 5.74) is 2.95. The van der Waals surface area contributed by atoms with Crippen molar-refractivity contribution in [1.82, 2.24) is 10.3 Å². The van der Waals surface area contributed by atoms with Gasteiger partial charge in [0.1, 0.15) is 5.52 Å². The lowest BCUT2D eigenvalue weighted by Gasteiger charge is -2.09. The molecule has 0 atom stereocenters. The van der Waals surface area contributed by atoms with Crippen molar-refractivity contribution in [3.05, 3.63) is 69.9 Å². The molecule has 0 unspecified atom stereocenters. The molecule has 0 radical (unpaired) electrons. The summed E-state index contributed by atoms with van der Waals surface area (Å²) in [6.07, 6.45) is 0. The molecule has 1 amide bonds. The molecule has 0 aliphatic rings. The van der Waals surface area contributed by atoms with Gasteiger partial charge in [0.05, 0.1) is 4.88 Å². The molecular weight excluding hydrogens is 402 g/mol. The van der Waals surface area contributed by atoms with E-state index in [1.165, 1.54) is 11.3 Å². The molecule has 2 heterocycles. The van der Waals surface area contributed by atoms with Crippen molar-refractivity contribution in [1.29, 1.82) is 0 Å². The first-order valence-corrected chi connectivity index (χ1v) is 9.57. The third-order valence-electron chi connectivity index (χ3n) is 3.71. The largest absolute Gasteiger partial charge is 0.436 e. The Balaban J connectivity index is 1.45. The van der Waals surface area contributed by atoms with E-state index in [2.05, 4.69) is 15.6 Å². The summed E-state index contributed by atoms with van der Waals surface area (Å²) >= 11 is 12.5. The number of oxazole rings is 1. The number of carbonyl (C=O) groups is 1. The molecule has 134 valence electrons. The number of hydrogen-bond acceptors (Lipinski definition) is 5. The van der Waals surface area contributed by atoms with Gasteiger partial charge < -0.3 is 9.73 Å². The van der Waals surface area contributed by atoms with Gasteiger partial charge in [-0.2, -0.15) is 0 Å². The van der Waals surface area contributed by atoms with Gasteiger partial charge in [0.2, 0.25) is 5.89 Å². The third kappa shape index (κ3) is 4.00. The lowest BCUT2D eigenvalue weighted by molar-refractivity contribution is 0.0981. The molecular formula is C19H12ClN3O2S2. The Hall–Kier alpha value is -2.74. The van der Waals surface area contributed by atoms with Crippen LogP contribution >= 0.6 is 35.2 Å². The Morgan fingerprint density at radius 1 is 1.15 bits per heavy atom. The summed E-state index contributed by atoms with van der Waals surface area (Å²) in [7, 11) is 0. The van der Waals surface area contributed by atoms with E-state index in [1.54, 1.807) is 24.3 Å². The number of thiocarbonyl (C=S) groups is 1. The molecule has 8 heteroatoms. The maximum Gasteiger partial charge on any atom is 0.267 e. The Labute approximate surface area is 169 Å². The summed E-state index contributed by atoms with van der Waals surface area (Å²) < 4.78 is 5.75. The second kappa shape index (κ2) is 7.48. The minimum atomic E-state index is -0.232. The maximum absolute atomic E-state index is 12.0. The highest BCUT2D eigenvalue weighted by molar-refractivity contribution is 7.80. The number of halogens is 1. The number of anilines is 1. The van der Waals surface area contributed by atoms with E-state index in [9.17, 15) is 4.79 Å². The Morgan fingerprint density at radius 2 is 1.96 bits per heavy atom. The molecule has 27 heavy (non-hydrogen) atoms. The number of rotatable bonds is 3. The van der Waals surface area contributed by atoms with E-state index in [-0.39, 0.29) is 11.0 Å². The average molecular weight is 414 g/mol. The van der Waals surface area contributed by atoms with E-state index in [4.69, 9.17) is 28.2 Å². The Bertz CT molecular complexity index is 1120. The van der Waals surface area contributed by atoms with E-state index in [0.29, 0.717) is 26.9 Å². The number of amides is 1. The second-order valence-electron chi connectivity index (χ2n) is 5.59. The topological polar surface area (TPSA) is 67.2 Å². The standard InChI is InChI=1S/C19H12ClN3O2S2/c20-12-5-8-15-14(10-12)22-18(25-15)11-3-6-13(7-4-11)21-19(26)23-17(24)16-2-1-9-27-16/h1-10H,(H2,21,23,24,26). The molecule has 0 bridgehead atoms. The predicted octanol–water partition coefficient (Wildman–Crippen LogP) is 5.34. The van der Waals surface area contributed by atoms with Crippen LogP contribution in [0.4, 0.5) is 5.69 Å². The summed E-state index contributed by atoms with van der Waals surface area (Å²) in [6.45, 7) is 0. The van der Waals surface area contributed by atoms with Gasteiger partial charge in [0.25, 0.3) is 5.91 Å². The zero-order chi connectivity index (χ0) is 18.8. The lowest BCUT2D eigenvalue weighted by Crippen LogP contribution is -2.33. The number of nitrogens with one attached hydrogen (secondary N) is 2. The van der Waals surface area contributed by atoms with Crippen molar-refractivity contribution in [3.63, 3.8) is 0 Å². The van der Waals surface area contributed by atoms with Crippen molar-refractivity contribution in [2.24, 2.45) is 0 Å². The van der Waals surface area contributed by atoms with E-state index in [1.807, 2.05) is 35.7 Å². The monoisotopic (exact) mass is 413 g/mol. The van der Waals surface area contributed by atoms with Crippen LogP contribution in [0, 0.1) is 0 Å². The lowest BCUT2D eigenvalue weighted by atomic mass is 10.2. The van der Waals surface area contributed by atoms with Crippen molar-refractivity contribution in [3.8, 4) is 11.5 Å². The number of nitrogens with zero attached hydrogens (tertiary/aromatic N) is 1. The van der Waals surface area contributed by atoms with E-state index >= 15 is 0 Å². The van der Waals surface area contributed by atoms with Crippen molar-refractivity contribution < 1.29 is 9.21 Å². The predicted molar refractivity (Wildman–Crippen MR) is 112 cm³/mol. The van der Waals surface area contributed by atoms with Crippen LogP contribution in [-0.2, 0) is 0 Å². The van der Waals surface area contributed by atoms with Gasteiger partial charge in [-0.25, -0.2) is 4.98 Å². The highest BCUT2D eigenvalue weighted by atomic mass is 35.5. The quantitative estimate of drug-likeness (QED) is 0.444. The molecule has 0 saturated heterocycles. The molecule has 0 spiro atoms. The molecule has 0 fully saturated rings.